The van der Waals surface area contributed by atoms with E-state index < -0.39 is 0 Å². The smallest absolute Gasteiger partial charge is 0.161 e. The number of fused-ring (bicyclic) bond motifs is 1. The van der Waals surface area contributed by atoms with Gasteiger partial charge in [0.15, 0.2) is 5.82 Å². The highest BCUT2D eigenvalue weighted by molar-refractivity contribution is 6.36. The van der Waals surface area contributed by atoms with Gasteiger partial charge >= 0.3 is 0 Å². The number of ether oxygens (including phenoxy) is 1. The molecule has 1 saturated heterocycles. The maximum absolute atomic E-state index is 6.42. The molecule has 4 rings (SSSR count). The molecule has 2 aromatic heterocycles. The van der Waals surface area contributed by atoms with E-state index in [-0.39, 0.29) is 0 Å². The number of aromatic nitrogens is 4. The highest BCUT2D eigenvalue weighted by atomic mass is 35.5. The van der Waals surface area contributed by atoms with Gasteiger partial charge in [0.25, 0.3) is 0 Å². The molecular weight excluding hydrogens is 300 g/mol. The normalized spacial score (nSPS) is 16.5. The molecule has 114 valence electrons. The fraction of sp³-hybridized carbons (Fsp3) is 0.375. The molecule has 22 heavy (non-hydrogen) atoms. The molecule has 1 fully saturated rings. The van der Waals surface area contributed by atoms with Crippen LogP contribution in [0.3, 0.4) is 0 Å². The number of halogens is 1. The molecule has 1 aliphatic rings. The molecule has 0 aliphatic carbocycles. The van der Waals surface area contributed by atoms with E-state index in [2.05, 4.69) is 14.6 Å². The van der Waals surface area contributed by atoms with Crippen molar-refractivity contribution in [2.45, 2.75) is 18.9 Å². The summed E-state index contributed by atoms with van der Waals surface area (Å²) in [7, 11) is 1.93. The lowest BCUT2D eigenvalue weighted by atomic mass is 10.1. The van der Waals surface area contributed by atoms with Crippen LogP contribution in [-0.4, -0.2) is 32.5 Å². The van der Waals surface area contributed by atoms with Gasteiger partial charge in [0.1, 0.15) is 5.69 Å². The number of hydrogen-bond donors (Lipinski definition) is 0. The van der Waals surface area contributed by atoms with E-state index in [0.717, 1.165) is 48.5 Å². The minimum Gasteiger partial charge on any atom is -0.381 e. The summed E-state index contributed by atoms with van der Waals surface area (Å²) in [5.41, 5.74) is 1.86. The molecule has 6 heteroatoms. The van der Waals surface area contributed by atoms with Gasteiger partial charge in [-0.25, -0.2) is 4.98 Å². The molecule has 0 saturated carbocycles. The summed E-state index contributed by atoms with van der Waals surface area (Å²) in [5, 5.41) is 6.34. The minimum atomic E-state index is 0.408. The Labute approximate surface area is 133 Å². The molecule has 0 amide bonds. The van der Waals surface area contributed by atoms with Gasteiger partial charge in [0.2, 0.25) is 0 Å². The first-order valence-electron chi connectivity index (χ1n) is 7.48. The predicted molar refractivity (Wildman–Crippen MR) is 86.0 cm³/mol. The second-order valence-corrected chi connectivity index (χ2v) is 6.02. The molecular formula is C16H17ClN4O. The molecule has 0 bridgehead atoms. The largest absolute Gasteiger partial charge is 0.381 e. The van der Waals surface area contributed by atoms with Crippen LogP contribution in [0.1, 0.15) is 18.9 Å². The monoisotopic (exact) mass is 316 g/mol. The lowest BCUT2D eigenvalue weighted by Gasteiger charge is -2.24. The van der Waals surface area contributed by atoms with E-state index in [1.807, 2.05) is 42.3 Å². The third kappa shape index (κ3) is 2.12. The third-order valence-electron chi connectivity index (χ3n) is 4.29. The summed E-state index contributed by atoms with van der Waals surface area (Å²) in [4.78, 5) is 4.55. The lowest BCUT2D eigenvalue weighted by Crippen LogP contribution is -2.19. The van der Waals surface area contributed by atoms with Crippen molar-refractivity contribution in [2.24, 2.45) is 7.05 Å². The Kier molecular flexibility index (Phi) is 3.39. The topological polar surface area (TPSA) is 44.9 Å². The van der Waals surface area contributed by atoms with Crippen LogP contribution in [0.5, 0.6) is 0 Å². The lowest BCUT2D eigenvalue weighted by molar-refractivity contribution is 0.0700. The van der Waals surface area contributed by atoms with Crippen LogP contribution in [-0.2, 0) is 11.8 Å². The average Bonchev–Trinajstić information content (AvgIpc) is 3.14. The Morgan fingerprint density at radius 3 is 2.91 bits per heavy atom. The Morgan fingerprint density at radius 2 is 2.09 bits per heavy atom. The van der Waals surface area contributed by atoms with Crippen molar-refractivity contribution in [3.63, 3.8) is 0 Å². The van der Waals surface area contributed by atoms with Gasteiger partial charge in [-0.1, -0.05) is 17.7 Å². The van der Waals surface area contributed by atoms with Crippen LogP contribution >= 0.6 is 11.6 Å². The highest BCUT2D eigenvalue weighted by Gasteiger charge is 2.22. The Hall–Kier alpha value is -1.85. The minimum absolute atomic E-state index is 0.408. The van der Waals surface area contributed by atoms with Crippen LogP contribution in [0.25, 0.3) is 22.4 Å². The SMILES string of the molecule is Cn1nc(-c2nccn2C2CCOCC2)c2c(Cl)cccc21. The average molecular weight is 317 g/mol. The summed E-state index contributed by atoms with van der Waals surface area (Å²) >= 11 is 6.42. The van der Waals surface area contributed by atoms with E-state index in [0.29, 0.717) is 11.1 Å². The summed E-state index contributed by atoms with van der Waals surface area (Å²) in [6.45, 7) is 1.60. The zero-order valence-electron chi connectivity index (χ0n) is 12.4. The maximum Gasteiger partial charge on any atom is 0.161 e. The number of rotatable bonds is 2. The molecule has 0 radical (unpaired) electrons. The van der Waals surface area contributed by atoms with Crippen molar-refractivity contribution >= 4 is 22.5 Å². The van der Waals surface area contributed by atoms with Crippen molar-refractivity contribution in [3.8, 4) is 11.5 Å². The summed E-state index contributed by atoms with van der Waals surface area (Å²) in [6.07, 6.45) is 5.87. The fourth-order valence-electron chi connectivity index (χ4n) is 3.18. The number of aryl methyl sites for hydroxylation is 1. The molecule has 0 atom stereocenters. The molecule has 0 spiro atoms. The van der Waals surface area contributed by atoms with Gasteiger partial charge in [-0.05, 0) is 25.0 Å². The highest BCUT2D eigenvalue weighted by Crippen LogP contribution is 2.34. The van der Waals surface area contributed by atoms with Gasteiger partial charge < -0.3 is 9.30 Å². The third-order valence-corrected chi connectivity index (χ3v) is 4.61. The van der Waals surface area contributed by atoms with E-state index >= 15 is 0 Å². The molecule has 3 heterocycles. The summed E-state index contributed by atoms with van der Waals surface area (Å²) in [5.74, 6) is 0.880. The van der Waals surface area contributed by atoms with Crippen molar-refractivity contribution in [1.82, 2.24) is 19.3 Å². The van der Waals surface area contributed by atoms with Gasteiger partial charge in [-0.3, -0.25) is 4.68 Å². The molecule has 0 unspecified atom stereocenters. The van der Waals surface area contributed by atoms with Crippen LogP contribution in [0.2, 0.25) is 5.02 Å². The second-order valence-electron chi connectivity index (χ2n) is 5.61. The van der Waals surface area contributed by atoms with Crippen molar-refractivity contribution in [2.75, 3.05) is 13.2 Å². The first kappa shape index (κ1) is 13.8. The van der Waals surface area contributed by atoms with E-state index in [9.17, 15) is 0 Å². The summed E-state index contributed by atoms with van der Waals surface area (Å²) < 4.78 is 9.54. The van der Waals surface area contributed by atoms with E-state index in [4.69, 9.17) is 16.3 Å². The maximum atomic E-state index is 6.42. The standard InChI is InChI=1S/C16H17ClN4O/c1-20-13-4-2-3-12(17)14(13)15(19-20)16-18-7-8-21(16)11-5-9-22-10-6-11/h2-4,7-8,11H,5-6,9-10H2,1H3. The van der Waals surface area contributed by atoms with Gasteiger partial charge in [0, 0.05) is 44.1 Å². The predicted octanol–water partition coefficient (Wildman–Crippen LogP) is 3.44. The van der Waals surface area contributed by atoms with Gasteiger partial charge in [0.05, 0.1) is 10.5 Å². The Morgan fingerprint density at radius 1 is 1.27 bits per heavy atom. The van der Waals surface area contributed by atoms with Gasteiger partial charge in [-0.15, -0.1) is 0 Å². The zero-order chi connectivity index (χ0) is 15.1. The molecule has 1 aliphatic heterocycles. The number of nitrogens with zero attached hydrogens (tertiary/aromatic N) is 4. The number of benzene rings is 1. The fourth-order valence-corrected chi connectivity index (χ4v) is 3.44. The number of imidazole rings is 1. The molecule has 5 nitrogen and oxygen atoms in total. The summed E-state index contributed by atoms with van der Waals surface area (Å²) in [6, 6.07) is 6.28. The van der Waals surface area contributed by atoms with Gasteiger partial charge in [-0.2, -0.15) is 5.10 Å². The van der Waals surface area contributed by atoms with Crippen LogP contribution in [0, 0.1) is 0 Å². The van der Waals surface area contributed by atoms with Crippen molar-refractivity contribution < 1.29 is 4.74 Å². The first-order chi connectivity index (χ1) is 10.8. The van der Waals surface area contributed by atoms with E-state index in [1.54, 1.807) is 0 Å². The zero-order valence-corrected chi connectivity index (χ0v) is 13.1. The van der Waals surface area contributed by atoms with Crippen molar-refractivity contribution in [3.05, 3.63) is 35.6 Å². The quantitative estimate of drug-likeness (QED) is 0.727. The Balaban J connectivity index is 1.88. The molecule has 0 N–H and O–H groups in total. The first-order valence-corrected chi connectivity index (χ1v) is 7.85. The molecule has 1 aromatic carbocycles. The van der Waals surface area contributed by atoms with Crippen molar-refractivity contribution in [1.29, 1.82) is 0 Å². The second kappa shape index (κ2) is 5.41. The Bertz CT molecular complexity index is 817. The van der Waals surface area contributed by atoms with Crippen LogP contribution < -0.4 is 0 Å². The van der Waals surface area contributed by atoms with E-state index in [1.165, 1.54) is 0 Å². The molecule has 3 aromatic rings. The van der Waals surface area contributed by atoms with Crippen LogP contribution in [0.4, 0.5) is 0 Å². The number of hydrogen-bond acceptors (Lipinski definition) is 3. The van der Waals surface area contributed by atoms with Crippen LogP contribution in [0.15, 0.2) is 30.6 Å².